The molecule has 0 unspecified atom stereocenters. The first kappa shape index (κ1) is 12.2. The second kappa shape index (κ2) is 5.30. The zero-order valence-corrected chi connectivity index (χ0v) is 10.2. The molecule has 3 nitrogen and oxygen atoms in total. The molecule has 3 N–H and O–H groups in total. The number of piperidine rings is 1. The van der Waals surface area contributed by atoms with Crippen LogP contribution in [0.2, 0.25) is 0 Å². The van der Waals surface area contributed by atoms with Crippen molar-refractivity contribution >= 4 is 29.0 Å². The van der Waals surface area contributed by atoms with Crippen LogP contribution in [0.4, 0.5) is 0 Å². The fourth-order valence-corrected chi connectivity index (χ4v) is 3.08. The van der Waals surface area contributed by atoms with Gasteiger partial charge in [-0.25, -0.2) is 0 Å². The Morgan fingerprint density at radius 3 is 2.50 bits per heavy atom. The molecule has 1 heterocycles. The summed E-state index contributed by atoms with van der Waals surface area (Å²) in [6, 6.07) is 0. The third-order valence-corrected chi connectivity index (χ3v) is 4.85. The second-order valence-corrected chi connectivity index (χ2v) is 5.26. The summed E-state index contributed by atoms with van der Waals surface area (Å²) in [5.41, 5.74) is 5.77. The number of nitrogens with zero attached hydrogens (tertiary/aromatic N) is 1. The lowest BCUT2D eigenvalue weighted by molar-refractivity contribution is 0.169. The van der Waals surface area contributed by atoms with Crippen LogP contribution < -0.4 is 5.73 Å². The molecule has 5 heteroatoms. The normalized spacial score (nSPS) is 22.1. The molecule has 1 aliphatic rings. The predicted molar refractivity (Wildman–Crippen MR) is 65.8 cm³/mol. The number of nitrogens with two attached hydrogens (primary N) is 1. The maximum Gasteiger partial charge on any atom is 0.0891 e. The third-order valence-electron chi connectivity index (χ3n) is 2.92. The van der Waals surface area contributed by atoms with Gasteiger partial charge in [0, 0.05) is 6.54 Å². The Kier molecular flexibility index (Phi) is 4.63. The number of likely N-dealkylation sites (tertiary alicyclic amines) is 1. The molecule has 82 valence electrons. The molecule has 0 aromatic rings. The van der Waals surface area contributed by atoms with E-state index in [2.05, 4.69) is 11.2 Å². The molecule has 1 fully saturated rings. The van der Waals surface area contributed by atoms with Gasteiger partial charge in [0.15, 0.2) is 0 Å². The molecular weight excluding hydrogens is 216 g/mol. The minimum Gasteiger partial charge on any atom is -0.395 e. The van der Waals surface area contributed by atoms with Gasteiger partial charge in [0.25, 0.3) is 0 Å². The van der Waals surface area contributed by atoms with Crippen LogP contribution in [0.15, 0.2) is 0 Å². The van der Waals surface area contributed by atoms with E-state index < -0.39 is 0 Å². The van der Waals surface area contributed by atoms with Crippen LogP contribution in [0.1, 0.15) is 12.8 Å². The molecular formula is C9H18N2OS2. The van der Waals surface area contributed by atoms with E-state index in [0.717, 1.165) is 32.5 Å². The van der Waals surface area contributed by atoms with Gasteiger partial charge >= 0.3 is 0 Å². The number of hydrogen-bond acceptors (Lipinski definition) is 4. The molecule has 0 amide bonds. The lowest BCUT2D eigenvalue weighted by Gasteiger charge is -2.39. The maximum atomic E-state index is 8.82. The van der Waals surface area contributed by atoms with Crippen molar-refractivity contribution in [1.82, 2.24) is 4.90 Å². The van der Waals surface area contributed by atoms with Crippen molar-refractivity contribution in [3.05, 3.63) is 0 Å². The Morgan fingerprint density at radius 2 is 2.14 bits per heavy atom. The molecule has 1 rings (SSSR count). The fourth-order valence-electron chi connectivity index (χ4n) is 1.83. The van der Waals surface area contributed by atoms with E-state index in [1.807, 2.05) is 0 Å². The largest absolute Gasteiger partial charge is 0.395 e. The smallest absolute Gasteiger partial charge is 0.0891 e. The van der Waals surface area contributed by atoms with E-state index in [-0.39, 0.29) is 11.4 Å². The van der Waals surface area contributed by atoms with Gasteiger partial charge in [0.05, 0.1) is 16.3 Å². The average molecular weight is 234 g/mol. The summed E-state index contributed by atoms with van der Waals surface area (Å²) in [5.74, 6) is 0. The lowest BCUT2D eigenvalue weighted by atomic mass is 9.95. The Morgan fingerprint density at radius 1 is 1.57 bits per heavy atom. The minimum absolute atomic E-state index is 0.00128. The van der Waals surface area contributed by atoms with E-state index in [1.165, 1.54) is 0 Å². The second-order valence-electron chi connectivity index (χ2n) is 3.63. The van der Waals surface area contributed by atoms with Crippen LogP contribution in [-0.4, -0.2) is 52.2 Å². The van der Waals surface area contributed by atoms with E-state index in [0.29, 0.717) is 4.99 Å². The van der Waals surface area contributed by atoms with Crippen molar-refractivity contribution in [2.45, 2.75) is 17.6 Å². The van der Waals surface area contributed by atoms with Gasteiger partial charge in [-0.1, -0.05) is 12.2 Å². The maximum absolute atomic E-state index is 8.82. The van der Waals surface area contributed by atoms with Crippen molar-refractivity contribution in [3.63, 3.8) is 0 Å². The summed E-state index contributed by atoms with van der Waals surface area (Å²) in [5, 5.41) is 8.82. The zero-order chi connectivity index (χ0) is 10.6. The Labute approximate surface area is 95.0 Å². The van der Waals surface area contributed by atoms with Crippen LogP contribution in [0, 0.1) is 0 Å². The quantitative estimate of drug-likeness (QED) is 0.692. The highest BCUT2D eigenvalue weighted by Gasteiger charge is 2.36. The minimum atomic E-state index is 0.00128. The number of β-amino-alcohol motifs (C(OH)–C–C–N with tert-alkyl or cyclic N) is 1. The molecule has 1 aliphatic heterocycles. The first-order chi connectivity index (χ1) is 6.64. The molecule has 0 radical (unpaired) electrons. The summed E-state index contributed by atoms with van der Waals surface area (Å²) in [4.78, 5) is 2.89. The third kappa shape index (κ3) is 2.59. The van der Waals surface area contributed by atoms with E-state index in [4.69, 9.17) is 23.1 Å². The van der Waals surface area contributed by atoms with Crippen molar-refractivity contribution in [2.24, 2.45) is 5.73 Å². The van der Waals surface area contributed by atoms with E-state index in [1.54, 1.807) is 11.8 Å². The van der Waals surface area contributed by atoms with Gasteiger partial charge in [-0.05, 0) is 32.2 Å². The molecule has 0 saturated carbocycles. The first-order valence-corrected chi connectivity index (χ1v) is 6.46. The number of thioether (sulfide) groups is 1. The Bertz CT molecular complexity index is 203. The zero-order valence-electron chi connectivity index (χ0n) is 8.53. The van der Waals surface area contributed by atoms with Gasteiger partial charge in [0.2, 0.25) is 0 Å². The highest BCUT2D eigenvalue weighted by molar-refractivity contribution is 8.01. The Balaban J connectivity index is 2.50. The van der Waals surface area contributed by atoms with Crippen LogP contribution >= 0.6 is 24.0 Å². The van der Waals surface area contributed by atoms with Crippen LogP contribution in [0.25, 0.3) is 0 Å². The molecule has 0 bridgehead atoms. The SMILES string of the molecule is CSC1(C(N)=S)CCN(CCO)CC1. The molecule has 0 atom stereocenters. The molecule has 0 aromatic heterocycles. The summed E-state index contributed by atoms with van der Waals surface area (Å²) in [7, 11) is 0. The van der Waals surface area contributed by atoms with Gasteiger partial charge in [-0.15, -0.1) is 0 Å². The number of aliphatic hydroxyl groups is 1. The molecule has 0 spiro atoms. The van der Waals surface area contributed by atoms with Crippen LogP contribution in [0.3, 0.4) is 0 Å². The molecule has 0 aromatic carbocycles. The monoisotopic (exact) mass is 234 g/mol. The van der Waals surface area contributed by atoms with Gasteiger partial charge < -0.3 is 15.7 Å². The highest BCUT2D eigenvalue weighted by Crippen LogP contribution is 2.34. The summed E-state index contributed by atoms with van der Waals surface area (Å²) in [6.45, 7) is 2.97. The number of thiocarbonyl (C=S) groups is 1. The summed E-state index contributed by atoms with van der Waals surface area (Å²) in [6.07, 6.45) is 4.08. The lowest BCUT2D eigenvalue weighted by Crippen LogP contribution is -2.49. The Hall–Kier alpha value is 0.160. The topological polar surface area (TPSA) is 49.5 Å². The van der Waals surface area contributed by atoms with Crippen molar-refractivity contribution in [2.75, 3.05) is 32.5 Å². The van der Waals surface area contributed by atoms with E-state index >= 15 is 0 Å². The van der Waals surface area contributed by atoms with Gasteiger partial charge in [0.1, 0.15) is 0 Å². The number of aliphatic hydroxyl groups excluding tert-OH is 1. The summed E-state index contributed by atoms with van der Waals surface area (Å²) >= 11 is 6.89. The average Bonchev–Trinajstić information content (AvgIpc) is 2.19. The van der Waals surface area contributed by atoms with Crippen molar-refractivity contribution in [1.29, 1.82) is 0 Å². The summed E-state index contributed by atoms with van der Waals surface area (Å²) < 4.78 is 0.00128. The number of rotatable bonds is 4. The number of hydrogen-bond donors (Lipinski definition) is 2. The molecule has 0 aliphatic carbocycles. The first-order valence-electron chi connectivity index (χ1n) is 4.83. The molecule has 14 heavy (non-hydrogen) atoms. The van der Waals surface area contributed by atoms with Gasteiger partial charge in [-0.2, -0.15) is 11.8 Å². The van der Waals surface area contributed by atoms with Crippen molar-refractivity contribution < 1.29 is 5.11 Å². The fraction of sp³-hybridized carbons (Fsp3) is 0.889. The van der Waals surface area contributed by atoms with E-state index in [9.17, 15) is 0 Å². The molecule has 1 saturated heterocycles. The predicted octanol–water partition coefficient (Wildman–Crippen LogP) is 0.462. The van der Waals surface area contributed by atoms with Crippen molar-refractivity contribution in [3.8, 4) is 0 Å². The van der Waals surface area contributed by atoms with Gasteiger partial charge in [-0.3, -0.25) is 0 Å². The van der Waals surface area contributed by atoms with Crippen LogP contribution in [-0.2, 0) is 0 Å². The van der Waals surface area contributed by atoms with Crippen LogP contribution in [0.5, 0.6) is 0 Å². The highest BCUT2D eigenvalue weighted by atomic mass is 32.2. The standard InChI is InChI=1S/C9H18N2OS2/c1-14-9(8(10)13)2-4-11(5-3-9)6-7-12/h12H,2-7H2,1H3,(H2,10,13).